The number of allylic oxidation sites excluding steroid dienone is 1. The zero-order valence-electron chi connectivity index (χ0n) is 10.1. The highest BCUT2D eigenvalue weighted by Crippen LogP contribution is 2.16. The van der Waals surface area contributed by atoms with Crippen molar-refractivity contribution in [2.75, 3.05) is 23.4 Å². The largest absolute Gasteiger partial charge is 0.382 e. The second kappa shape index (κ2) is 8.16. The van der Waals surface area contributed by atoms with Crippen molar-refractivity contribution < 1.29 is 0 Å². The van der Waals surface area contributed by atoms with Crippen molar-refractivity contribution in [1.29, 1.82) is 0 Å². The quantitative estimate of drug-likeness (QED) is 0.588. The molecule has 0 aromatic carbocycles. The SMILES string of the molecule is C=CCSCCNc1cnn(CC=C)c(=O)c1Br. The number of hydrogen-bond donors (Lipinski definition) is 1. The lowest BCUT2D eigenvalue weighted by Crippen LogP contribution is -2.24. The summed E-state index contributed by atoms with van der Waals surface area (Å²) in [6.45, 7) is 8.44. The standard InChI is InChI=1S/C12H16BrN3OS/c1-3-6-16-12(17)11(13)10(9-15-16)14-5-8-18-7-4-2/h3-4,9,14H,1-2,5-8H2. The van der Waals surface area contributed by atoms with Crippen LogP contribution in [0.2, 0.25) is 0 Å². The number of anilines is 1. The van der Waals surface area contributed by atoms with Crippen molar-refractivity contribution in [2.45, 2.75) is 6.54 Å². The van der Waals surface area contributed by atoms with Gasteiger partial charge in [-0.1, -0.05) is 12.2 Å². The zero-order chi connectivity index (χ0) is 13.4. The fraction of sp³-hybridized carbons (Fsp3) is 0.333. The molecule has 0 bridgehead atoms. The highest BCUT2D eigenvalue weighted by atomic mass is 79.9. The van der Waals surface area contributed by atoms with Gasteiger partial charge in [-0.15, -0.1) is 13.2 Å². The van der Waals surface area contributed by atoms with E-state index in [1.165, 1.54) is 4.68 Å². The van der Waals surface area contributed by atoms with E-state index in [1.54, 1.807) is 24.0 Å². The van der Waals surface area contributed by atoms with Crippen LogP contribution in [0.1, 0.15) is 0 Å². The number of aromatic nitrogens is 2. The minimum atomic E-state index is -0.154. The molecular weight excluding hydrogens is 314 g/mol. The van der Waals surface area contributed by atoms with E-state index in [-0.39, 0.29) is 5.56 Å². The van der Waals surface area contributed by atoms with E-state index in [2.05, 4.69) is 39.5 Å². The average Bonchev–Trinajstić information content (AvgIpc) is 2.37. The Kier molecular flexibility index (Phi) is 6.82. The Balaban J connectivity index is 2.62. The Morgan fingerprint density at radius 3 is 2.94 bits per heavy atom. The van der Waals surface area contributed by atoms with Gasteiger partial charge in [-0.25, -0.2) is 4.68 Å². The summed E-state index contributed by atoms with van der Waals surface area (Å²) in [5, 5.41) is 7.24. The maximum atomic E-state index is 11.9. The molecule has 0 radical (unpaired) electrons. The minimum Gasteiger partial charge on any atom is -0.382 e. The molecule has 0 aliphatic rings. The summed E-state index contributed by atoms with van der Waals surface area (Å²) < 4.78 is 1.86. The topological polar surface area (TPSA) is 46.9 Å². The molecule has 18 heavy (non-hydrogen) atoms. The molecule has 1 heterocycles. The van der Waals surface area contributed by atoms with Crippen LogP contribution in [-0.2, 0) is 6.54 Å². The molecule has 0 aliphatic heterocycles. The summed E-state index contributed by atoms with van der Waals surface area (Å²) in [6, 6.07) is 0. The van der Waals surface area contributed by atoms with E-state index in [0.29, 0.717) is 11.0 Å². The first kappa shape index (κ1) is 15.0. The predicted octanol–water partition coefficient (Wildman–Crippen LogP) is 2.52. The maximum absolute atomic E-state index is 11.9. The molecule has 6 heteroatoms. The van der Waals surface area contributed by atoms with Gasteiger partial charge in [-0.3, -0.25) is 4.79 Å². The summed E-state index contributed by atoms with van der Waals surface area (Å²) in [7, 11) is 0. The first-order valence-corrected chi connectivity index (χ1v) is 7.44. The normalized spacial score (nSPS) is 10.1. The molecule has 1 rings (SSSR count). The van der Waals surface area contributed by atoms with Gasteiger partial charge in [0.05, 0.1) is 18.4 Å². The van der Waals surface area contributed by atoms with Crippen LogP contribution in [0.25, 0.3) is 0 Å². The molecule has 0 saturated carbocycles. The molecule has 1 N–H and O–H groups in total. The number of rotatable bonds is 8. The summed E-state index contributed by atoms with van der Waals surface area (Å²) >= 11 is 5.07. The fourth-order valence-corrected chi connectivity index (χ4v) is 2.29. The van der Waals surface area contributed by atoms with Gasteiger partial charge in [0.1, 0.15) is 4.47 Å². The van der Waals surface area contributed by atoms with E-state index < -0.39 is 0 Å². The van der Waals surface area contributed by atoms with Gasteiger partial charge in [0.25, 0.3) is 5.56 Å². The molecule has 1 aromatic rings. The number of thioether (sulfide) groups is 1. The van der Waals surface area contributed by atoms with Gasteiger partial charge >= 0.3 is 0 Å². The van der Waals surface area contributed by atoms with Crippen LogP contribution in [0.4, 0.5) is 5.69 Å². The smallest absolute Gasteiger partial charge is 0.283 e. The predicted molar refractivity (Wildman–Crippen MR) is 82.4 cm³/mol. The number of nitrogens with one attached hydrogen (secondary N) is 1. The van der Waals surface area contributed by atoms with Gasteiger partial charge in [-0.2, -0.15) is 16.9 Å². The molecule has 98 valence electrons. The van der Waals surface area contributed by atoms with E-state index in [1.807, 2.05) is 6.08 Å². The Labute approximate surface area is 119 Å². The van der Waals surface area contributed by atoms with Crippen molar-refractivity contribution in [3.05, 3.63) is 46.3 Å². The number of hydrogen-bond acceptors (Lipinski definition) is 4. The van der Waals surface area contributed by atoms with Crippen LogP contribution >= 0.6 is 27.7 Å². The molecule has 0 saturated heterocycles. The van der Waals surface area contributed by atoms with Crippen LogP contribution in [0.15, 0.2) is 40.8 Å². The van der Waals surface area contributed by atoms with Crippen LogP contribution in [-0.4, -0.2) is 27.8 Å². The first-order chi connectivity index (χ1) is 8.70. The molecule has 0 amide bonds. The van der Waals surface area contributed by atoms with Crippen molar-refractivity contribution >= 4 is 33.4 Å². The fourth-order valence-electron chi connectivity index (χ4n) is 1.27. The first-order valence-electron chi connectivity index (χ1n) is 5.49. The zero-order valence-corrected chi connectivity index (χ0v) is 12.5. The summed E-state index contributed by atoms with van der Waals surface area (Å²) in [5.41, 5.74) is 0.568. The van der Waals surface area contributed by atoms with Gasteiger partial charge in [0, 0.05) is 18.1 Å². The van der Waals surface area contributed by atoms with Gasteiger partial charge < -0.3 is 5.32 Å². The third-order valence-electron chi connectivity index (χ3n) is 2.08. The Morgan fingerprint density at radius 2 is 2.28 bits per heavy atom. The summed E-state index contributed by atoms with van der Waals surface area (Å²) in [4.78, 5) is 11.9. The van der Waals surface area contributed by atoms with Crippen molar-refractivity contribution in [3.63, 3.8) is 0 Å². The molecule has 0 unspecified atom stereocenters. The third kappa shape index (κ3) is 4.34. The van der Waals surface area contributed by atoms with Crippen molar-refractivity contribution in [2.24, 2.45) is 0 Å². The number of halogens is 1. The van der Waals surface area contributed by atoms with Crippen molar-refractivity contribution in [1.82, 2.24) is 9.78 Å². The van der Waals surface area contributed by atoms with Crippen LogP contribution < -0.4 is 10.9 Å². The van der Waals surface area contributed by atoms with Crippen LogP contribution in [0.5, 0.6) is 0 Å². The molecule has 4 nitrogen and oxygen atoms in total. The Hall–Kier alpha value is -1.01. The van der Waals surface area contributed by atoms with E-state index >= 15 is 0 Å². The van der Waals surface area contributed by atoms with E-state index in [4.69, 9.17) is 0 Å². The van der Waals surface area contributed by atoms with Crippen LogP contribution in [0.3, 0.4) is 0 Å². The molecular formula is C12H16BrN3OS. The average molecular weight is 330 g/mol. The summed E-state index contributed by atoms with van der Waals surface area (Å²) in [6.07, 6.45) is 5.16. The molecule has 0 spiro atoms. The number of nitrogens with zero attached hydrogens (tertiary/aromatic N) is 2. The van der Waals surface area contributed by atoms with Gasteiger partial charge in [-0.05, 0) is 15.9 Å². The minimum absolute atomic E-state index is 0.154. The van der Waals surface area contributed by atoms with E-state index in [0.717, 1.165) is 23.7 Å². The summed E-state index contributed by atoms with van der Waals surface area (Å²) in [5.74, 6) is 1.89. The van der Waals surface area contributed by atoms with Gasteiger partial charge in [0.15, 0.2) is 0 Å². The third-order valence-corrected chi connectivity index (χ3v) is 3.82. The Morgan fingerprint density at radius 1 is 1.50 bits per heavy atom. The second-order valence-electron chi connectivity index (χ2n) is 3.44. The highest BCUT2D eigenvalue weighted by molar-refractivity contribution is 9.10. The molecule has 0 fully saturated rings. The van der Waals surface area contributed by atoms with Gasteiger partial charge in [0.2, 0.25) is 0 Å². The lowest BCUT2D eigenvalue weighted by molar-refractivity contribution is 0.649. The highest BCUT2D eigenvalue weighted by Gasteiger charge is 2.07. The Bertz CT molecular complexity index is 473. The van der Waals surface area contributed by atoms with E-state index in [9.17, 15) is 4.79 Å². The monoisotopic (exact) mass is 329 g/mol. The molecule has 1 aromatic heterocycles. The maximum Gasteiger partial charge on any atom is 0.283 e. The lowest BCUT2D eigenvalue weighted by Gasteiger charge is -2.09. The molecule has 0 aliphatic carbocycles. The second-order valence-corrected chi connectivity index (χ2v) is 5.38. The van der Waals surface area contributed by atoms with Crippen molar-refractivity contribution in [3.8, 4) is 0 Å². The van der Waals surface area contributed by atoms with Crippen LogP contribution in [0, 0.1) is 0 Å². The lowest BCUT2D eigenvalue weighted by atomic mass is 10.4. The molecule has 0 atom stereocenters.